The van der Waals surface area contributed by atoms with E-state index in [1.807, 2.05) is 27.7 Å². The number of aromatic nitrogens is 3. The van der Waals surface area contributed by atoms with Crippen molar-refractivity contribution in [2.75, 3.05) is 0 Å². The van der Waals surface area contributed by atoms with E-state index in [-0.39, 0.29) is 24.1 Å². The maximum Gasteiger partial charge on any atom is 0.434 e. The number of aryl methyl sites for hydroxylation is 1. The van der Waals surface area contributed by atoms with Crippen molar-refractivity contribution in [2.24, 2.45) is 5.41 Å². The summed E-state index contributed by atoms with van der Waals surface area (Å²) in [5.74, 6) is 0. The predicted molar refractivity (Wildman–Crippen MR) is 58.5 cm³/mol. The number of alkyl halides is 3. The van der Waals surface area contributed by atoms with Gasteiger partial charge in [-0.3, -0.25) is 0 Å². The Labute approximate surface area is 99.0 Å². The van der Waals surface area contributed by atoms with E-state index in [2.05, 4.69) is 10.3 Å². The molecule has 1 heterocycles. The number of halogens is 3. The molecule has 0 amide bonds. The van der Waals surface area contributed by atoms with Gasteiger partial charge in [0.15, 0.2) is 5.69 Å². The normalized spacial score (nSPS) is 13.1. The zero-order valence-corrected chi connectivity index (χ0v) is 10.6. The fourth-order valence-corrected chi connectivity index (χ4v) is 1.65. The second-order valence-electron chi connectivity index (χ2n) is 5.34. The molecule has 6 heteroatoms. The van der Waals surface area contributed by atoms with Gasteiger partial charge in [0.2, 0.25) is 0 Å². The summed E-state index contributed by atoms with van der Waals surface area (Å²) in [4.78, 5) is 0. The third-order valence-electron chi connectivity index (χ3n) is 2.21. The van der Waals surface area contributed by atoms with Crippen molar-refractivity contribution in [1.29, 1.82) is 0 Å². The van der Waals surface area contributed by atoms with Gasteiger partial charge in [-0.05, 0) is 18.3 Å². The number of nitrogens with zero attached hydrogens (tertiary/aromatic N) is 3. The minimum Gasteiger partial charge on any atom is -0.240 e. The molecule has 1 aromatic rings. The van der Waals surface area contributed by atoms with Crippen molar-refractivity contribution < 1.29 is 13.2 Å². The van der Waals surface area contributed by atoms with Gasteiger partial charge in [-0.15, -0.1) is 5.10 Å². The summed E-state index contributed by atoms with van der Waals surface area (Å²) in [5, 5.41) is 7.28. The van der Waals surface area contributed by atoms with Gasteiger partial charge in [-0.2, -0.15) is 13.2 Å². The lowest BCUT2D eigenvalue weighted by Crippen LogP contribution is -2.19. The molecular formula is C11H18F3N3. The highest BCUT2D eigenvalue weighted by molar-refractivity contribution is 5.15. The highest BCUT2D eigenvalue weighted by atomic mass is 19.4. The van der Waals surface area contributed by atoms with Crippen molar-refractivity contribution >= 4 is 0 Å². The average Bonchev–Trinajstić information content (AvgIpc) is 2.44. The van der Waals surface area contributed by atoms with Gasteiger partial charge in [0.25, 0.3) is 0 Å². The Morgan fingerprint density at radius 3 is 2.18 bits per heavy atom. The van der Waals surface area contributed by atoms with E-state index >= 15 is 0 Å². The smallest absolute Gasteiger partial charge is 0.240 e. The molecule has 17 heavy (non-hydrogen) atoms. The molecule has 1 aromatic heterocycles. The van der Waals surface area contributed by atoms with Gasteiger partial charge in [0, 0.05) is 6.54 Å². The number of hydrogen-bond acceptors (Lipinski definition) is 2. The van der Waals surface area contributed by atoms with E-state index < -0.39 is 11.9 Å². The SMILES string of the molecule is CCCn1nnc(CC(C)(C)C)c1C(F)(F)F. The molecule has 0 fully saturated rings. The van der Waals surface area contributed by atoms with E-state index in [1.165, 1.54) is 0 Å². The summed E-state index contributed by atoms with van der Waals surface area (Å²) in [6.07, 6.45) is -3.52. The largest absolute Gasteiger partial charge is 0.434 e. The second kappa shape index (κ2) is 4.66. The Kier molecular flexibility index (Phi) is 3.84. The first kappa shape index (κ1) is 14.0. The quantitative estimate of drug-likeness (QED) is 0.823. The van der Waals surface area contributed by atoms with Crippen LogP contribution in [0.15, 0.2) is 0 Å². The third kappa shape index (κ3) is 3.71. The highest BCUT2D eigenvalue weighted by Gasteiger charge is 2.39. The summed E-state index contributed by atoms with van der Waals surface area (Å²) in [7, 11) is 0. The summed E-state index contributed by atoms with van der Waals surface area (Å²) < 4.78 is 39.8. The van der Waals surface area contributed by atoms with Crippen LogP contribution in [-0.4, -0.2) is 15.0 Å². The van der Waals surface area contributed by atoms with Crippen LogP contribution >= 0.6 is 0 Å². The summed E-state index contributed by atoms with van der Waals surface area (Å²) in [6, 6.07) is 0. The van der Waals surface area contributed by atoms with Gasteiger partial charge in [0.05, 0.1) is 5.69 Å². The maximum atomic E-state index is 12.9. The Hall–Kier alpha value is -1.07. The van der Waals surface area contributed by atoms with Gasteiger partial charge in [-0.25, -0.2) is 4.68 Å². The molecule has 0 spiro atoms. The minimum absolute atomic E-state index is 0.0402. The first-order chi connectivity index (χ1) is 7.65. The van der Waals surface area contributed by atoms with Crippen LogP contribution < -0.4 is 0 Å². The molecule has 1 rings (SSSR count). The topological polar surface area (TPSA) is 30.7 Å². The van der Waals surface area contributed by atoms with E-state index in [4.69, 9.17) is 0 Å². The fourth-order valence-electron chi connectivity index (χ4n) is 1.65. The summed E-state index contributed by atoms with van der Waals surface area (Å²) >= 11 is 0. The Morgan fingerprint density at radius 1 is 1.18 bits per heavy atom. The Bertz CT molecular complexity index is 374. The Morgan fingerprint density at radius 2 is 1.76 bits per heavy atom. The fraction of sp³-hybridized carbons (Fsp3) is 0.818. The minimum atomic E-state index is -4.39. The third-order valence-corrected chi connectivity index (χ3v) is 2.21. The zero-order chi connectivity index (χ0) is 13.3. The van der Waals surface area contributed by atoms with Crippen LogP contribution in [0.25, 0.3) is 0 Å². The van der Waals surface area contributed by atoms with Crippen LogP contribution in [0.2, 0.25) is 0 Å². The van der Waals surface area contributed by atoms with Crippen LogP contribution in [0.3, 0.4) is 0 Å². The van der Waals surface area contributed by atoms with Crippen molar-refractivity contribution in [3.8, 4) is 0 Å². The molecule has 0 bridgehead atoms. The maximum absolute atomic E-state index is 12.9. The van der Waals surface area contributed by atoms with Crippen LogP contribution in [0.5, 0.6) is 0 Å². The van der Waals surface area contributed by atoms with E-state index in [0.717, 1.165) is 4.68 Å². The lowest BCUT2D eigenvalue weighted by molar-refractivity contribution is -0.145. The molecule has 98 valence electrons. The van der Waals surface area contributed by atoms with E-state index in [0.29, 0.717) is 6.42 Å². The van der Waals surface area contributed by atoms with Gasteiger partial charge >= 0.3 is 6.18 Å². The van der Waals surface area contributed by atoms with Crippen molar-refractivity contribution in [1.82, 2.24) is 15.0 Å². The van der Waals surface area contributed by atoms with Gasteiger partial charge in [0.1, 0.15) is 0 Å². The van der Waals surface area contributed by atoms with Crippen LogP contribution in [-0.2, 0) is 19.1 Å². The molecule has 0 unspecified atom stereocenters. The molecule has 0 aromatic carbocycles. The zero-order valence-electron chi connectivity index (χ0n) is 10.6. The molecule has 0 saturated carbocycles. The van der Waals surface area contributed by atoms with Gasteiger partial charge in [-0.1, -0.05) is 32.9 Å². The Balaban J connectivity index is 3.14. The van der Waals surface area contributed by atoms with Crippen LogP contribution in [0, 0.1) is 5.41 Å². The lowest BCUT2D eigenvalue weighted by Gasteiger charge is -2.18. The molecule has 0 aliphatic heterocycles. The van der Waals surface area contributed by atoms with Crippen molar-refractivity contribution in [2.45, 2.75) is 53.3 Å². The van der Waals surface area contributed by atoms with Crippen LogP contribution in [0.1, 0.15) is 45.5 Å². The molecular weight excluding hydrogens is 231 g/mol. The lowest BCUT2D eigenvalue weighted by atomic mass is 9.90. The second-order valence-corrected chi connectivity index (χ2v) is 5.34. The molecule has 0 atom stereocenters. The molecule has 0 saturated heterocycles. The first-order valence-electron chi connectivity index (χ1n) is 5.64. The number of hydrogen-bond donors (Lipinski definition) is 0. The van der Waals surface area contributed by atoms with E-state index in [9.17, 15) is 13.2 Å². The molecule has 3 nitrogen and oxygen atoms in total. The average molecular weight is 249 g/mol. The van der Waals surface area contributed by atoms with Crippen molar-refractivity contribution in [3.63, 3.8) is 0 Å². The van der Waals surface area contributed by atoms with Gasteiger partial charge < -0.3 is 0 Å². The summed E-state index contributed by atoms with van der Waals surface area (Å²) in [5.41, 5.74) is -0.902. The van der Waals surface area contributed by atoms with Crippen LogP contribution in [0.4, 0.5) is 13.2 Å². The highest BCUT2D eigenvalue weighted by Crippen LogP contribution is 2.33. The monoisotopic (exact) mass is 249 g/mol. The molecule has 0 N–H and O–H groups in total. The predicted octanol–water partition coefficient (Wildman–Crippen LogP) is 3.30. The standard InChI is InChI=1S/C11H18F3N3/c1-5-6-17-9(11(12,13)14)8(15-16-17)7-10(2,3)4/h5-7H2,1-4H3. The van der Waals surface area contributed by atoms with E-state index in [1.54, 1.807) is 0 Å². The van der Waals surface area contributed by atoms with Crippen molar-refractivity contribution in [3.05, 3.63) is 11.4 Å². The molecule has 0 aliphatic rings. The number of rotatable bonds is 3. The summed E-state index contributed by atoms with van der Waals surface area (Å²) in [6.45, 7) is 7.70. The first-order valence-corrected chi connectivity index (χ1v) is 5.64. The molecule has 0 aliphatic carbocycles. The molecule has 0 radical (unpaired) electrons.